The molecule has 5 nitrogen and oxygen atoms in total. The van der Waals surface area contributed by atoms with Crippen LogP contribution in [-0.2, 0) is 4.74 Å². The predicted molar refractivity (Wildman–Crippen MR) is 127 cm³/mol. The summed E-state index contributed by atoms with van der Waals surface area (Å²) >= 11 is 7.48. The van der Waals surface area contributed by atoms with Crippen molar-refractivity contribution in [3.05, 3.63) is 70.7 Å². The Morgan fingerprint density at radius 2 is 1.88 bits per heavy atom. The van der Waals surface area contributed by atoms with Crippen LogP contribution in [0.15, 0.2) is 60.8 Å². The number of pyridine rings is 1. The van der Waals surface area contributed by atoms with Crippen molar-refractivity contribution in [1.29, 1.82) is 5.41 Å². The van der Waals surface area contributed by atoms with Crippen LogP contribution in [0.3, 0.4) is 0 Å². The van der Waals surface area contributed by atoms with E-state index < -0.39 is 11.9 Å². The van der Waals surface area contributed by atoms with Gasteiger partial charge in [0.15, 0.2) is 0 Å². The Bertz CT molecular complexity index is 1160. The molecule has 4 rings (SSSR count). The summed E-state index contributed by atoms with van der Waals surface area (Å²) in [6.45, 7) is 2.89. The highest BCUT2D eigenvalue weighted by molar-refractivity contribution is 7.16. The molecule has 0 radical (unpaired) electrons. The number of rotatable bonds is 6. The number of morpholine rings is 1. The number of benzene rings is 1. The van der Waals surface area contributed by atoms with Crippen LogP contribution in [0.2, 0.25) is 5.02 Å². The Morgan fingerprint density at radius 1 is 1.12 bits per heavy atom. The zero-order chi connectivity index (χ0) is 23.4. The van der Waals surface area contributed by atoms with Crippen LogP contribution in [0.5, 0.6) is 0 Å². The molecule has 1 aromatic carbocycles. The van der Waals surface area contributed by atoms with Gasteiger partial charge < -0.3 is 15.0 Å². The zero-order valence-electron chi connectivity index (χ0n) is 17.3. The maximum absolute atomic E-state index is 13.1. The molecule has 1 saturated heterocycles. The van der Waals surface area contributed by atoms with Crippen LogP contribution in [0.25, 0.3) is 16.1 Å². The van der Waals surface area contributed by atoms with E-state index in [1.807, 2.05) is 18.2 Å². The van der Waals surface area contributed by atoms with E-state index >= 15 is 0 Å². The third kappa shape index (κ3) is 5.73. The topological polar surface area (TPSA) is 61.2 Å². The fraction of sp³-hybridized carbons (Fsp3) is 0.217. The maximum Gasteiger partial charge on any atom is 0.432 e. The van der Waals surface area contributed by atoms with Crippen LogP contribution in [-0.4, -0.2) is 43.2 Å². The fourth-order valence-electron chi connectivity index (χ4n) is 3.25. The average Bonchev–Trinajstić information content (AvgIpc) is 3.30. The van der Waals surface area contributed by atoms with Gasteiger partial charge in [-0.2, -0.15) is 13.2 Å². The number of nitrogens with one attached hydrogen (secondary N) is 2. The van der Waals surface area contributed by atoms with Crippen molar-refractivity contribution in [2.75, 3.05) is 36.5 Å². The van der Waals surface area contributed by atoms with Crippen molar-refractivity contribution < 1.29 is 17.9 Å². The molecule has 3 aromatic rings. The van der Waals surface area contributed by atoms with Crippen molar-refractivity contribution >= 4 is 45.9 Å². The van der Waals surface area contributed by atoms with Gasteiger partial charge in [0.25, 0.3) is 0 Å². The van der Waals surface area contributed by atoms with Gasteiger partial charge in [0, 0.05) is 29.7 Å². The third-order valence-electron chi connectivity index (χ3n) is 4.98. The van der Waals surface area contributed by atoms with E-state index in [4.69, 9.17) is 21.7 Å². The summed E-state index contributed by atoms with van der Waals surface area (Å²) in [5.74, 6) is 0.860. The van der Waals surface area contributed by atoms with Crippen LogP contribution >= 0.6 is 22.9 Å². The fourth-order valence-corrected chi connectivity index (χ4v) is 4.40. The SMILES string of the molecule is N=C(/C=C(\Nc1ccccc1Cl)c1ccc(-c2ccc(N3CCOCC3)nc2)s1)C(F)(F)F. The predicted octanol–water partition coefficient (Wildman–Crippen LogP) is 6.34. The quantitative estimate of drug-likeness (QED) is 0.394. The lowest BCUT2D eigenvalue weighted by Gasteiger charge is -2.27. The summed E-state index contributed by atoms with van der Waals surface area (Å²) < 4.78 is 44.6. The van der Waals surface area contributed by atoms with Gasteiger partial charge in [0.05, 0.1) is 34.5 Å². The molecule has 0 saturated carbocycles. The number of thiophene rings is 1. The highest BCUT2D eigenvalue weighted by Gasteiger charge is 2.33. The first-order valence-electron chi connectivity index (χ1n) is 10.1. The van der Waals surface area contributed by atoms with Crippen molar-refractivity contribution in [2.24, 2.45) is 0 Å². The van der Waals surface area contributed by atoms with E-state index in [9.17, 15) is 13.2 Å². The smallest absolute Gasteiger partial charge is 0.378 e. The molecule has 1 aliphatic rings. The first-order valence-corrected chi connectivity index (χ1v) is 11.3. The number of aromatic nitrogens is 1. The van der Waals surface area contributed by atoms with Crippen LogP contribution in [0.1, 0.15) is 4.88 Å². The van der Waals surface area contributed by atoms with E-state index in [-0.39, 0.29) is 5.70 Å². The van der Waals surface area contributed by atoms with Gasteiger partial charge in [0.1, 0.15) is 11.5 Å². The summed E-state index contributed by atoms with van der Waals surface area (Å²) in [4.78, 5) is 8.06. The van der Waals surface area contributed by atoms with E-state index in [1.54, 1.807) is 36.5 Å². The summed E-state index contributed by atoms with van der Waals surface area (Å²) in [5.41, 5.74) is -0.0128. The van der Waals surface area contributed by atoms with Gasteiger partial charge in [-0.05, 0) is 42.5 Å². The molecule has 0 aliphatic carbocycles. The minimum absolute atomic E-state index is 0.138. The van der Waals surface area contributed by atoms with Crippen molar-refractivity contribution in [3.63, 3.8) is 0 Å². The first-order chi connectivity index (χ1) is 15.8. The molecule has 0 unspecified atom stereocenters. The third-order valence-corrected chi connectivity index (χ3v) is 6.47. The van der Waals surface area contributed by atoms with Gasteiger partial charge >= 0.3 is 6.18 Å². The molecule has 0 amide bonds. The Morgan fingerprint density at radius 3 is 2.55 bits per heavy atom. The minimum atomic E-state index is -4.76. The monoisotopic (exact) mass is 492 g/mol. The largest absolute Gasteiger partial charge is 0.432 e. The lowest BCUT2D eigenvalue weighted by molar-refractivity contribution is -0.0583. The van der Waals surface area contributed by atoms with Gasteiger partial charge in [-0.15, -0.1) is 11.3 Å². The van der Waals surface area contributed by atoms with Crippen LogP contribution in [0.4, 0.5) is 24.7 Å². The van der Waals surface area contributed by atoms with Gasteiger partial charge in [-0.3, -0.25) is 5.41 Å². The van der Waals surface area contributed by atoms with Gasteiger partial charge in [-0.1, -0.05) is 23.7 Å². The number of halogens is 4. The van der Waals surface area contributed by atoms with E-state index in [0.29, 0.717) is 28.8 Å². The van der Waals surface area contributed by atoms with Crippen molar-refractivity contribution in [3.8, 4) is 10.4 Å². The Balaban J connectivity index is 1.61. The second-order valence-corrected chi connectivity index (χ2v) is 8.73. The second kappa shape index (κ2) is 9.94. The molecule has 3 heterocycles. The molecule has 33 heavy (non-hydrogen) atoms. The number of hydrogen-bond donors (Lipinski definition) is 2. The number of allylic oxidation sites excluding steroid dienone is 1. The molecule has 1 aliphatic heterocycles. The Hall–Kier alpha value is -2.88. The number of ether oxygens (including phenoxy) is 1. The van der Waals surface area contributed by atoms with Crippen molar-refractivity contribution in [1.82, 2.24) is 4.98 Å². The highest BCUT2D eigenvalue weighted by atomic mass is 35.5. The number of hydrogen-bond acceptors (Lipinski definition) is 6. The first kappa shape index (κ1) is 23.3. The molecule has 2 N–H and O–H groups in total. The van der Waals surface area contributed by atoms with Gasteiger partial charge in [0.2, 0.25) is 0 Å². The number of alkyl halides is 3. The molecule has 172 valence electrons. The lowest BCUT2D eigenvalue weighted by Crippen LogP contribution is -2.36. The van der Waals surface area contributed by atoms with E-state index in [2.05, 4.69) is 15.2 Å². The molecule has 0 atom stereocenters. The molecule has 10 heteroatoms. The Kier molecular flexibility index (Phi) is 7.02. The van der Waals surface area contributed by atoms with Crippen molar-refractivity contribution in [2.45, 2.75) is 6.18 Å². The highest BCUT2D eigenvalue weighted by Crippen LogP contribution is 2.35. The normalized spacial score (nSPS) is 14.9. The average molecular weight is 493 g/mol. The molecule has 0 bridgehead atoms. The number of para-hydroxylation sites is 1. The molecule has 0 spiro atoms. The van der Waals surface area contributed by atoms with Gasteiger partial charge in [-0.25, -0.2) is 4.98 Å². The van der Waals surface area contributed by atoms with Crippen LogP contribution in [0, 0.1) is 5.41 Å². The molecule has 2 aromatic heterocycles. The summed E-state index contributed by atoms with van der Waals surface area (Å²) in [5, 5.41) is 10.7. The summed E-state index contributed by atoms with van der Waals surface area (Å²) in [6.07, 6.45) is -2.23. The Labute approximate surface area is 198 Å². The lowest BCUT2D eigenvalue weighted by atomic mass is 10.2. The zero-order valence-corrected chi connectivity index (χ0v) is 18.9. The maximum atomic E-state index is 13.1. The number of nitrogens with zero attached hydrogens (tertiary/aromatic N) is 2. The van der Waals surface area contributed by atoms with Crippen LogP contribution < -0.4 is 10.2 Å². The van der Waals surface area contributed by atoms with E-state index in [0.717, 1.165) is 35.4 Å². The molecule has 1 fully saturated rings. The van der Waals surface area contributed by atoms with E-state index in [1.165, 1.54) is 11.3 Å². The minimum Gasteiger partial charge on any atom is -0.378 e. The molecular formula is C23H20ClF3N4OS. The molecular weight excluding hydrogens is 473 g/mol. The summed E-state index contributed by atoms with van der Waals surface area (Å²) in [6, 6.07) is 14.2. The summed E-state index contributed by atoms with van der Waals surface area (Å²) in [7, 11) is 0. The standard InChI is InChI=1S/C23H20ClF3N4OS/c24-16-3-1-2-4-17(16)30-18(13-21(28)23(25,26)27)20-7-6-19(33-20)15-5-8-22(29-14-15)31-9-11-32-12-10-31/h1-8,13-14,28,30H,9-12H2/b18-13-,28-21?. The number of anilines is 2. The second-order valence-electron chi connectivity index (χ2n) is 7.24.